The van der Waals surface area contributed by atoms with Crippen molar-refractivity contribution in [3.8, 4) is 11.5 Å². The Labute approximate surface area is 253 Å². The van der Waals surface area contributed by atoms with Crippen molar-refractivity contribution in [1.29, 1.82) is 0 Å². The lowest BCUT2D eigenvalue weighted by molar-refractivity contribution is -0.150. The highest BCUT2D eigenvalue weighted by atomic mass is 19.1. The molecule has 6 rings (SSSR count). The van der Waals surface area contributed by atoms with Crippen LogP contribution in [-0.4, -0.2) is 48.7 Å². The fraction of sp³-hybridized carbons (Fsp3) is 0.676. The molecular formula is C34H45FN2O6. The molecule has 5 fully saturated rings. The Balaban J connectivity index is 1.20. The minimum atomic E-state index is -0.833. The number of hydrogen-bond acceptors (Lipinski definition) is 5. The molecule has 2 amide bonds. The lowest BCUT2D eigenvalue weighted by Crippen LogP contribution is -2.52. The molecule has 5 aliphatic carbocycles. The first-order valence-corrected chi connectivity index (χ1v) is 16.1. The molecule has 0 radical (unpaired) electrons. The van der Waals surface area contributed by atoms with Crippen LogP contribution < -0.4 is 20.1 Å². The number of amides is 2. The number of halogens is 1. The van der Waals surface area contributed by atoms with Gasteiger partial charge in [-0.25, -0.2) is 4.39 Å². The Morgan fingerprint density at radius 3 is 2.40 bits per heavy atom. The summed E-state index contributed by atoms with van der Waals surface area (Å²) in [5.41, 5.74) is 0.858. The number of carboxylic acid groups (broad SMARTS) is 1. The van der Waals surface area contributed by atoms with Gasteiger partial charge < -0.3 is 25.2 Å². The predicted octanol–water partition coefficient (Wildman–Crippen LogP) is 5.64. The Kier molecular flexibility index (Phi) is 7.96. The third-order valence-electron chi connectivity index (χ3n) is 11.1. The lowest BCUT2D eigenvalue weighted by atomic mass is 9.70. The van der Waals surface area contributed by atoms with Gasteiger partial charge >= 0.3 is 5.97 Å². The zero-order valence-electron chi connectivity index (χ0n) is 25.5. The molecule has 1 aromatic rings. The lowest BCUT2D eigenvalue weighted by Gasteiger charge is -2.39. The van der Waals surface area contributed by atoms with Crippen LogP contribution in [0.2, 0.25) is 0 Å². The first-order valence-electron chi connectivity index (χ1n) is 16.1. The van der Waals surface area contributed by atoms with Crippen molar-refractivity contribution in [2.24, 2.45) is 34.5 Å². The number of hydrogen-bond donors (Lipinski definition) is 3. The molecule has 2 bridgehead atoms. The quantitative estimate of drug-likeness (QED) is 0.301. The molecule has 8 nitrogen and oxygen atoms in total. The van der Waals surface area contributed by atoms with E-state index in [-0.39, 0.29) is 58.3 Å². The van der Waals surface area contributed by atoms with Gasteiger partial charge in [-0.3, -0.25) is 14.4 Å². The smallest absolute Gasteiger partial charge is 0.309 e. The maximum Gasteiger partial charge on any atom is 0.309 e. The maximum absolute atomic E-state index is 15.1. The number of benzene rings is 1. The number of allylic oxidation sites excluding steroid dienone is 1. The fourth-order valence-corrected chi connectivity index (χ4v) is 7.85. The second-order valence-electron chi connectivity index (χ2n) is 14.5. The molecule has 3 N–H and O–H groups in total. The van der Waals surface area contributed by atoms with Crippen molar-refractivity contribution in [1.82, 2.24) is 10.6 Å². The van der Waals surface area contributed by atoms with E-state index in [1.807, 2.05) is 0 Å². The normalized spacial score (nSPS) is 33.5. The minimum Gasteiger partial charge on any atom is -0.496 e. The number of carbonyl (C=O) groups is 3. The summed E-state index contributed by atoms with van der Waals surface area (Å²) in [6, 6.07) is 2.20. The molecule has 0 heterocycles. The summed E-state index contributed by atoms with van der Waals surface area (Å²) in [6.07, 6.45) is 11.5. The van der Waals surface area contributed by atoms with Crippen LogP contribution in [0.1, 0.15) is 94.8 Å². The zero-order chi connectivity index (χ0) is 30.5. The number of carbonyl (C=O) groups excluding carboxylic acids is 2. The van der Waals surface area contributed by atoms with Gasteiger partial charge in [0.05, 0.1) is 30.1 Å². The summed E-state index contributed by atoms with van der Waals surface area (Å²) < 4.78 is 26.5. The molecule has 0 aromatic heterocycles. The van der Waals surface area contributed by atoms with Crippen LogP contribution in [0.4, 0.5) is 4.39 Å². The van der Waals surface area contributed by atoms with Crippen LogP contribution in [0.25, 0.3) is 0 Å². The van der Waals surface area contributed by atoms with Crippen molar-refractivity contribution < 1.29 is 33.4 Å². The van der Waals surface area contributed by atoms with Crippen molar-refractivity contribution >= 4 is 17.8 Å². The van der Waals surface area contributed by atoms with Crippen molar-refractivity contribution in [2.45, 2.75) is 96.6 Å². The van der Waals surface area contributed by atoms with Crippen molar-refractivity contribution in [2.75, 3.05) is 13.7 Å². The summed E-state index contributed by atoms with van der Waals surface area (Å²) in [4.78, 5) is 39.1. The van der Waals surface area contributed by atoms with Gasteiger partial charge in [-0.1, -0.05) is 25.0 Å². The Morgan fingerprint density at radius 1 is 1.07 bits per heavy atom. The molecule has 5 saturated carbocycles. The Bertz CT molecular complexity index is 1310. The van der Waals surface area contributed by atoms with E-state index in [1.54, 1.807) is 6.92 Å². The minimum absolute atomic E-state index is 0.0112. The van der Waals surface area contributed by atoms with Gasteiger partial charge in [-0.2, -0.15) is 0 Å². The molecule has 5 aliphatic rings. The van der Waals surface area contributed by atoms with E-state index in [4.69, 9.17) is 9.47 Å². The van der Waals surface area contributed by atoms with Crippen LogP contribution >= 0.6 is 0 Å². The Hall–Kier alpha value is -3.10. The van der Waals surface area contributed by atoms with E-state index in [0.29, 0.717) is 38.1 Å². The van der Waals surface area contributed by atoms with Gasteiger partial charge in [0.2, 0.25) is 5.91 Å². The third kappa shape index (κ3) is 6.01. The molecule has 234 valence electrons. The highest BCUT2D eigenvalue weighted by Crippen LogP contribution is 2.53. The highest BCUT2D eigenvalue weighted by Gasteiger charge is 2.54. The van der Waals surface area contributed by atoms with Gasteiger partial charge in [0.1, 0.15) is 5.75 Å². The highest BCUT2D eigenvalue weighted by molar-refractivity contribution is 5.98. The van der Waals surface area contributed by atoms with E-state index in [1.165, 1.54) is 38.0 Å². The van der Waals surface area contributed by atoms with E-state index in [9.17, 15) is 19.5 Å². The number of carboxylic acids is 1. The molecule has 4 atom stereocenters. The largest absolute Gasteiger partial charge is 0.496 e. The van der Waals surface area contributed by atoms with Gasteiger partial charge in [0.15, 0.2) is 11.6 Å². The first kappa shape index (κ1) is 29.9. The standard InChI is InChI=1S/C34H45FN2O6/c1-33(9-4-10-33)18-36-31(39)28-21-14-20(13-19-5-6-19)23(15-21)29(28)37-30(38)24-16-27(25(35)17-26(24)42-3)43-22-7-11-34(2,12-8-22)32(40)41/h13,16-17,19,21-23,28-29H,4-12,14-15,18H2,1-3H3,(H,36,39)(H,37,38)(H,40,41)/b20-13+/t21-,22?,23-,28+,29-,34?/m1/s1. The first-order chi connectivity index (χ1) is 20.5. The number of fused-ring (bicyclic) bond motifs is 2. The zero-order valence-corrected chi connectivity index (χ0v) is 25.5. The van der Waals surface area contributed by atoms with Gasteiger partial charge in [0, 0.05) is 24.6 Å². The summed E-state index contributed by atoms with van der Waals surface area (Å²) in [6.45, 7) is 4.60. The van der Waals surface area contributed by atoms with Gasteiger partial charge in [-0.05, 0) is 94.4 Å². The molecule has 0 aliphatic heterocycles. The number of methoxy groups -OCH3 is 1. The maximum atomic E-state index is 15.1. The number of aliphatic carboxylic acids is 1. The average Bonchev–Trinajstić information content (AvgIpc) is 3.59. The van der Waals surface area contributed by atoms with Crippen molar-refractivity contribution in [3.05, 3.63) is 35.2 Å². The SMILES string of the molecule is COc1cc(F)c(OC2CCC(C)(C(=O)O)CC2)cc1C(=O)N[C@H]1[C@@H](C(=O)NCC2(C)CCC2)[C@@H]2C/C(=C\C3CC3)[C@H]1C2. The van der Waals surface area contributed by atoms with E-state index in [0.717, 1.165) is 31.7 Å². The number of rotatable bonds is 10. The van der Waals surface area contributed by atoms with Crippen LogP contribution in [0.15, 0.2) is 23.8 Å². The third-order valence-corrected chi connectivity index (χ3v) is 11.1. The van der Waals surface area contributed by atoms with Gasteiger partial charge in [0.25, 0.3) is 5.91 Å². The van der Waals surface area contributed by atoms with Crippen LogP contribution in [0, 0.1) is 40.3 Å². The summed E-state index contributed by atoms with van der Waals surface area (Å²) in [7, 11) is 1.39. The summed E-state index contributed by atoms with van der Waals surface area (Å²) in [5.74, 6) is -1.25. The molecule has 0 saturated heterocycles. The predicted molar refractivity (Wildman–Crippen MR) is 158 cm³/mol. The second kappa shape index (κ2) is 11.4. The average molecular weight is 597 g/mol. The van der Waals surface area contributed by atoms with E-state index >= 15 is 4.39 Å². The van der Waals surface area contributed by atoms with Crippen LogP contribution in [0.3, 0.4) is 0 Å². The van der Waals surface area contributed by atoms with Crippen LogP contribution in [0.5, 0.6) is 11.5 Å². The number of ether oxygens (including phenoxy) is 2. The van der Waals surface area contributed by atoms with E-state index in [2.05, 4.69) is 23.6 Å². The van der Waals surface area contributed by atoms with Crippen molar-refractivity contribution in [3.63, 3.8) is 0 Å². The molecule has 9 heteroatoms. The van der Waals surface area contributed by atoms with Gasteiger partial charge in [-0.15, -0.1) is 0 Å². The number of nitrogens with one attached hydrogen (secondary N) is 2. The molecule has 43 heavy (non-hydrogen) atoms. The fourth-order valence-electron chi connectivity index (χ4n) is 7.85. The molecular weight excluding hydrogens is 551 g/mol. The molecule has 0 spiro atoms. The summed E-state index contributed by atoms with van der Waals surface area (Å²) in [5, 5.41) is 15.9. The topological polar surface area (TPSA) is 114 Å². The molecule has 0 unspecified atom stereocenters. The monoisotopic (exact) mass is 596 g/mol. The Morgan fingerprint density at radius 2 is 1.79 bits per heavy atom. The molecule has 1 aromatic carbocycles. The van der Waals surface area contributed by atoms with E-state index < -0.39 is 23.1 Å². The second-order valence-corrected chi connectivity index (χ2v) is 14.5. The summed E-state index contributed by atoms with van der Waals surface area (Å²) >= 11 is 0. The van der Waals surface area contributed by atoms with Crippen LogP contribution in [-0.2, 0) is 9.59 Å².